The molecule has 0 atom stereocenters. The van der Waals surface area contributed by atoms with Gasteiger partial charge >= 0.3 is 0 Å². The lowest BCUT2D eigenvalue weighted by atomic mass is 9.77. The van der Waals surface area contributed by atoms with E-state index in [2.05, 4.69) is 37.3 Å². The Hall–Kier alpha value is -1.55. The fourth-order valence-corrected chi connectivity index (χ4v) is 3.02. The Morgan fingerprint density at radius 2 is 1.79 bits per heavy atom. The normalized spacial score (nSPS) is 23.4. The lowest BCUT2D eigenvalue weighted by molar-refractivity contribution is 0.328. The van der Waals surface area contributed by atoms with Crippen LogP contribution in [0.1, 0.15) is 62.5 Å². The van der Waals surface area contributed by atoms with E-state index >= 15 is 0 Å². The molecule has 100 valence electrons. The first kappa shape index (κ1) is 13.9. The monoisotopic (exact) mass is 253 g/mol. The molecule has 0 spiro atoms. The maximum absolute atomic E-state index is 8.82. The summed E-state index contributed by atoms with van der Waals surface area (Å²) in [6.45, 7) is 2.19. The smallest absolute Gasteiger partial charge is 0.0991 e. The second-order valence-electron chi connectivity index (χ2n) is 5.57. The number of nitrogens with zero attached hydrogens (tertiary/aromatic N) is 1. The summed E-state index contributed by atoms with van der Waals surface area (Å²) < 4.78 is 0. The summed E-state index contributed by atoms with van der Waals surface area (Å²) in [6.07, 6.45) is 12.3. The average molecular weight is 253 g/mol. The Labute approximate surface area is 117 Å². The second kappa shape index (κ2) is 7.14. The van der Waals surface area contributed by atoms with Crippen LogP contribution in [0.3, 0.4) is 0 Å². The fraction of sp³-hybridized carbons (Fsp3) is 0.500. The Bertz CT molecular complexity index is 442. The Balaban J connectivity index is 1.85. The molecular formula is C18H23N. The highest BCUT2D eigenvalue weighted by atomic mass is 14.3. The Kier molecular flexibility index (Phi) is 5.21. The standard InChI is InChI=1S/C18H23N/c1-2-3-4-5-15-6-10-17(11-7-15)18-12-8-16(14-19)9-13-18/h3-4,8-9,12-13,15,17H,2,5-7,10-11H2,1H3/b4-3-. The molecule has 1 nitrogen and oxygen atoms in total. The first-order valence-electron chi connectivity index (χ1n) is 7.48. The zero-order valence-electron chi connectivity index (χ0n) is 11.8. The molecule has 1 saturated carbocycles. The van der Waals surface area contributed by atoms with E-state index in [0.29, 0.717) is 5.92 Å². The summed E-state index contributed by atoms with van der Waals surface area (Å²) in [5, 5.41) is 8.82. The third-order valence-electron chi connectivity index (χ3n) is 4.23. The molecule has 1 aromatic rings. The summed E-state index contributed by atoms with van der Waals surface area (Å²) in [7, 11) is 0. The van der Waals surface area contributed by atoms with Crippen molar-refractivity contribution in [2.45, 2.75) is 51.4 Å². The highest BCUT2D eigenvalue weighted by Crippen LogP contribution is 2.37. The molecule has 1 heteroatoms. The Morgan fingerprint density at radius 3 is 2.37 bits per heavy atom. The van der Waals surface area contributed by atoms with Crippen LogP contribution in [0.15, 0.2) is 36.4 Å². The van der Waals surface area contributed by atoms with Gasteiger partial charge in [0, 0.05) is 0 Å². The van der Waals surface area contributed by atoms with Crippen LogP contribution in [0, 0.1) is 17.2 Å². The first-order valence-corrected chi connectivity index (χ1v) is 7.48. The molecule has 0 saturated heterocycles. The number of hydrogen-bond acceptors (Lipinski definition) is 1. The zero-order chi connectivity index (χ0) is 13.5. The molecule has 1 aliphatic carbocycles. The van der Waals surface area contributed by atoms with Crippen LogP contribution in [0.25, 0.3) is 0 Å². The zero-order valence-corrected chi connectivity index (χ0v) is 11.8. The molecule has 0 N–H and O–H groups in total. The predicted molar refractivity (Wildman–Crippen MR) is 79.9 cm³/mol. The van der Waals surface area contributed by atoms with E-state index in [1.54, 1.807) is 0 Å². The topological polar surface area (TPSA) is 23.8 Å². The molecule has 0 amide bonds. The van der Waals surface area contributed by atoms with Crippen LogP contribution in [-0.4, -0.2) is 0 Å². The van der Waals surface area contributed by atoms with E-state index < -0.39 is 0 Å². The van der Waals surface area contributed by atoms with Crippen LogP contribution in [0.2, 0.25) is 0 Å². The minimum Gasteiger partial charge on any atom is -0.192 e. The molecule has 0 aromatic heterocycles. The number of hydrogen-bond donors (Lipinski definition) is 0. The van der Waals surface area contributed by atoms with Crippen molar-refractivity contribution in [2.75, 3.05) is 0 Å². The number of allylic oxidation sites excluding steroid dienone is 2. The maximum Gasteiger partial charge on any atom is 0.0991 e. The van der Waals surface area contributed by atoms with E-state index in [4.69, 9.17) is 5.26 Å². The summed E-state index contributed by atoms with van der Waals surface area (Å²) >= 11 is 0. The van der Waals surface area contributed by atoms with Crippen molar-refractivity contribution in [1.82, 2.24) is 0 Å². The molecule has 0 aliphatic heterocycles. The van der Waals surface area contributed by atoms with Gasteiger partial charge in [-0.1, -0.05) is 31.2 Å². The van der Waals surface area contributed by atoms with Gasteiger partial charge in [-0.3, -0.25) is 0 Å². The molecular weight excluding hydrogens is 230 g/mol. The van der Waals surface area contributed by atoms with Gasteiger partial charge in [-0.15, -0.1) is 0 Å². The van der Waals surface area contributed by atoms with Crippen LogP contribution < -0.4 is 0 Å². The van der Waals surface area contributed by atoms with Gasteiger partial charge in [0.25, 0.3) is 0 Å². The highest BCUT2D eigenvalue weighted by molar-refractivity contribution is 5.33. The third-order valence-corrected chi connectivity index (χ3v) is 4.23. The number of benzene rings is 1. The van der Waals surface area contributed by atoms with Gasteiger partial charge < -0.3 is 0 Å². The first-order chi connectivity index (χ1) is 9.33. The van der Waals surface area contributed by atoms with Crippen molar-refractivity contribution in [3.8, 4) is 6.07 Å². The highest BCUT2D eigenvalue weighted by Gasteiger charge is 2.21. The van der Waals surface area contributed by atoms with Crippen LogP contribution in [0.5, 0.6) is 0 Å². The molecule has 1 fully saturated rings. The van der Waals surface area contributed by atoms with Crippen molar-refractivity contribution >= 4 is 0 Å². The molecule has 1 aromatic carbocycles. The van der Waals surface area contributed by atoms with Gasteiger partial charge in [0.1, 0.15) is 0 Å². The summed E-state index contributed by atoms with van der Waals surface area (Å²) in [4.78, 5) is 0. The van der Waals surface area contributed by atoms with E-state index in [9.17, 15) is 0 Å². The van der Waals surface area contributed by atoms with Crippen molar-refractivity contribution in [3.63, 3.8) is 0 Å². The van der Waals surface area contributed by atoms with Crippen LogP contribution in [-0.2, 0) is 0 Å². The van der Waals surface area contributed by atoms with Crippen LogP contribution in [0.4, 0.5) is 0 Å². The molecule has 0 unspecified atom stereocenters. The van der Waals surface area contributed by atoms with Crippen molar-refractivity contribution in [2.24, 2.45) is 5.92 Å². The van der Waals surface area contributed by atoms with E-state index in [0.717, 1.165) is 17.9 Å². The molecule has 0 radical (unpaired) electrons. The van der Waals surface area contributed by atoms with Crippen LogP contribution >= 0.6 is 0 Å². The number of rotatable bonds is 4. The quantitative estimate of drug-likeness (QED) is 0.677. The predicted octanol–water partition coefficient (Wildman–Crippen LogP) is 5.19. The molecule has 0 bridgehead atoms. The summed E-state index contributed by atoms with van der Waals surface area (Å²) in [5.74, 6) is 1.59. The lowest BCUT2D eigenvalue weighted by Gasteiger charge is -2.28. The number of nitriles is 1. The Morgan fingerprint density at radius 1 is 1.11 bits per heavy atom. The van der Waals surface area contributed by atoms with Crippen molar-refractivity contribution in [3.05, 3.63) is 47.5 Å². The van der Waals surface area contributed by atoms with Crippen molar-refractivity contribution < 1.29 is 0 Å². The largest absolute Gasteiger partial charge is 0.192 e. The minimum atomic E-state index is 0.708. The van der Waals surface area contributed by atoms with Gasteiger partial charge in [0.05, 0.1) is 11.6 Å². The second-order valence-corrected chi connectivity index (χ2v) is 5.57. The van der Waals surface area contributed by atoms with Gasteiger partial charge in [-0.2, -0.15) is 5.26 Å². The van der Waals surface area contributed by atoms with Gasteiger partial charge in [0.2, 0.25) is 0 Å². The minimum absolute atomic E-state index is 0.708. The van der Waals surface area contributed by atoms with E-state index in [-0.39, 0.29) is 0 Å². The van der Waals surface area contributed by atoms with Gasteiger partial charge in [0.15, 0.2) is 0 Å². The average Bonchev–Trinajstić information content (AvgIpc) is 2.48. The molecule has 0 heterocycles. The molecule has 19 heavy (non-hydrogen) atoms. The molecule has 1 aliphatic rings. The van der Waals surface area contributed by atoms with E-state index in [1.807, 2.05) is 12.1 Å². The van der Waals surface area contributed by atoms with Gasteiger partial charge in [-0.05, 0) is 68.1 Å². The summed E-state index contributed by atoms with van der Waals surface area (Å²) in [6, 6.07) is 10.4. The lowest BCUT2D eigenvalue weighted by Crippen LogP contribution is -2.12. The maximum atomic E-state index is 8.82. The SMILES string of the molecule is CC/C=C\CC1CCC(c2ccc(C#N)cc2)CC1. The summed E-state index contributed by atoms with van der Waals surface area (Å²) in [5.41, 5.74) is 2.18. The molecule has 2 rings (SSSR count). The van der Waals surface area contributed by atoms with Crippen molar-refractivity contribution in [1.29, 1.82) is 5.26 Å². The van der Waals surface area contributed by atoms with Gasteiger partial charge in [-0.25, -0.2) is 0 Å². The van der Waals surface area contributed by atoms with E-state index in [1.165, 1.54) is 37.7 Å². The fourth-order valence-electron chi connectivity index (χ4n) is 3.02. The third kappa shape index (κ3) is 3.96.